The number of hydrogen-bond acceptors (Lipinski definition) is 2. The van der Waals surface area contributed by atoms with Crippen molar-refractivity contribution in [1.29, 1.82) is 0 Å². The summed E-state index contributed by atoms with van der Waals surface area (Å²) >= 11 is 0. The van der Waals surface area contributed by atoms with E-state index in [1.807, 2.05) is 18.2 Å². The Morgan fingerprint density at radius 3 is 2.80 bits per heavy atom. The monoisotopic (exact) mass is 261 g/mol. The molecule has 98 valence electrons. The molecule has 0 unspecified atom stereocenters. The van der Waals surface area contributed by atoms with Crippen molar-refractivity contribution in [2.75, 3.05) is 6.61 Å². The number of benzene rings is 2. The third-order valence-corrected chi connectivity index (χ3v) is 3.88. The molecule has 20 heavy (non-hydrogen) atoms. The minimum Gasteiger partial charge on any atom is -0.475 e. The van der Waals surface area contributed by atoms with Crippen LogP contribution in [0.5, 0.6) is 0 Å². The normalized spacial score (nSPS) is 19.6. The van der Waals surface area contributed by atoms with Gasteiger partial charge in [0.1, 0.15) is 12.6 Å². The molecule has 0 N–H and O–H groups in total. The van der Waals surface area contributed by atoms with E-state index in [9.17, 15) is 0 Å². The van der Waals surface area contributed by atoms with E-state index in [0.29, 0.717) is 6.61 Å². The summed E-state index contributed by atoms with van der Waals surface area (Å²) in [7, 11) is 0. The summed E-state index contributed by atoms with van der Waals surface area (Å²) < 4.78 is 5.85. The molecule has 1 aliphatic carbocycles. The van der Waals surface area contributed by atoms with Crippen LogP contribution in [0.4, 0.5) is 0 Å². The van der Waals surface area contributed by atoms with E-state index < -0.39 is 0 Å². The molecule has 0 radical (unpaired) electrons. The van der Waals surface area contributed by atoms with Gasteiger partial charge in [0, 0.05) is 5.56 Å². The van der Waals surface area contributed by atoms with Crippen LogP contribution in [0.2, 0.25) is 0 Å². The van der Waals surface area contributed by atoms with Crippen molar-refractivity contribution in [3.05, 3.63) is 76.9 Å². The van der Waals surface area contributed by atoms with Crippen LogP contribution in [-0.2, 0) is 11.2 Å². The average molecular weight is 261 g/mol. The Morgan fingerprint density at radius 2 is 1.90 bits per heavy atom. The Kier molecular flexibility index (Phi) is 2.66. The number of nitrogens with zero attached hydrogens (tertiary/aromatic N) is 1. The summed E-state index contributed by atoms with van der Waals surface area (Å²) in [6.07, 6.45) is 5.38. The SMILES string of the molecule is C1=Cc2c(cccc2C2=N[C@@H](c3ccccc3)CO2)C1. The summed E-state index contributed by atoms with van der Waals surface area (Å²) in [5, 5.41) is 0. The molecule has 2 heteroatoms. The molecule has 0 saturated carbocycles. The lowest BCUT2D eigenvalue weighted by Crippen LogP contribution is -2.04. The Labute approximate surface area is 118 Å². The van der Waals surface area contributed by atoms with Gasteiger partial charge in [-0.15, -0.1) is 0 Å². The van der Waals surface area contributed by atoms with E-state index in [1.165, 1.54) is 16.7 Å². The Balaban J connectivity index is 1.71. The van der Waals surface area contributed by atoms with Gasteiger partial charge in [-0.1, -0.05) is 54.6 Å². The van der Waals surface area contributed by atoms with Crippen molar-refractivity contribution < 1.29 is 4.74 Å². The Bertz CT molecular complexity index is 701. The van der Waals surface area contributed by atoms with E-state index >= 15 is 0 Å². The molecule has 2 aromatic rings. The zero-order valence-corrected chi connectivity index (χ0v) is 11.1. The second kappa shape index (κ2) is 4.64. The van der Waals surface area contributed by atoms with Crippen LogP contribution in [0.1, 0.15) is 28.3 Å². The van der Waals surface area contributed by atoms with E-state index in [2.05, 4.69) is 42.5 Å². The summed E-state index contributed by atoms with van der Waals surface area (Å²) in [5.74, 6) is 0.780. The van der Waals surface area contributed by atoms with Crippen molar-refractivity contribution in [3.63, 3.8) is 0 Å². The lowest BCUT2D eigenvalue weighted by atomic mass is 10.0. The highest BCUT2D eigenvalue weighted by molar-refractivity contribution is 5.99. The van der Waals surface area contributed by atoms with E-state index in [-0.39, 0.29) is 6.04 Å². The zero-order chi connectivity index (χ0) is 13.4. The summed E-state index contributed by atoms with van der Waals surface area (Å²) in [6.45, 7) is 0.632. The number of hydrogen-bond donors (Lipinski definition) is 0. The highest BCUT2D eigenvalue weighted by atomic mass is 16.5. The number of fused-ring (bicyclic) bond motifs is 1. The molecule has 0 fully saturated rings. The number of rotatable bonds is 2. The van der Waals surface area contributed by atoms with Gasteiger partial charge in [-0.05, 0) is 29.2 Å². The number of aliphatic imine (C=N–C) groups is 1. The molecule has 2 aromatic carbocycles. The summed E-state index contributed by atoms with van der Waals surface area (Å²) in [5.41, 5.74) is 4.96. The molecular formula is C18H15NO. The minimum absolute atomic E-state index is 0.118. The molecule has 4 rings (SSSR count). The van der Waals surface area contributed by atoms with Gasteiger partial charge in [0.05, 0.1) is 0 Å². The predicted molar refractivity (Wildman–Crippen MR) is 80.9 cm³/mol. The molecule has 0 spiro atoms. The van der Waals surface area contributed by atoms with Crippen LogP contribution in [0.15, 0.2) is 59.6 Å². The molecule has 1 aliphatic heterocycles. The zero-order valence-electron chi connectivity index (χ0n) is 11.1. The van der Waals surface area contributed by atoms with Crippen LogP contribution in [0, 0.1) is 0 Å². The molecule has 2 nitrogen and oxygen atoms in total. The average Bonchev–Trinajstić information content (AvgIpc) is 3.17. The van der Waals surface area contributed by atoms with Crippen LogP contribution >= 0.6 is 0 Å². The van der Waals surface area contributed by atoms with E-state index in [1.54, 1.807) is 0 Å². The van der Waals surface area contributed by atoms with Gasteiger partial charge in [0.15, 0.2) is 0 Å². The van der Waals surface area contributed by atoms with Crippen LogP contribution in [0.3, 0.4) is 0 Å². The number of allylic oxidation sites excluding steroid dienone is 1. The molecule has 0 saturated heterocycles. The molecule has 0 amide bonds. The lowest BCUT2D eigenvalue weighted by Gasteiger charge is -2.06. The number of ether oxygens (including phenoxy) is 1. The topological polar surface area (TPSA) is 21.6 Å². The van der Waals surface area contributed by atoms with Crippen molar-refractivity contribution in [2.24, 2.45) is 4.99 Å². The molecule has 0 bridgehead atoms. The van der Waals surface area contributed by atoms with Gasteiger partial charge >= 0.3 is 0 Å². The third-order valence-electron chi connectivity index (χ3n) is 3.88. The van der Waals surface area contributed by atoms with Crippen LogP contribution in [-0.4, -0.2) is 12.5 Å². The summed E-state index contributed by atoms with van der Waals surface area (Å²) in [4.78, 5) is 4.77. The first-order valence-corrected chi connectivity index (χ1v) is 6.96. The van der Waals surface area contributed by atoms with Crippen LogP contribution < -0.4 is 0 Å². The highest BCUT2D eigenvalue weighted by Gasteiger charge is 2.24. The van der Waals surface area contributed by atoms with Crippen LogP contribution in [0.25, 0.3) is 6.08 Å². The third kappa shape index (κ3) is 1.85. The first-order chi connectivity index (χ1) is 9.92. The lowest BCUT2D eigenvalue weighted by molar-refractivity contribution is 0.320. The van der Waals surface area contributed by atoms with Crippen molar-refractivity contribution in [1.82, 2.24) is 0 Å². The van der Waals surface area contributed by atoms with Gasteiger partial charge in [0.25, 0.3) is 0 Å². The second-order valence-corrected chi connectivity index (χ2v) is 5.16. The fourth-order valence-electron chi connectivity index (χ4n) is 2.85. The largest absolute Gasteiger partial charge is 0.475 e. The first-order valence-electron chi connectivity index (χ1n) is 6.96. The van der Waals surface area contributed by atoms with Gasteiger partial charge in [-0.3, -0.25) is 0 Å². The maximum Gasteiger partial charge on any atom is 0.217 e. The van der Waals surface area contributed by atoms with Crippen molar-refractivity contribution >= 4 is 12.0 Å². The quantitative estimate of drug-likeness (QED) is 0.806. The maximum absolute atomic E-state index is 5.85. The second-order valence-electron chi connectivity index (χ2n) is 5.16. The molecule has 1 heterocycles. The minimum atomic E-state index is 0.118. The van der Waals surface area contributed by atoms with Gasteiger partial charge < -0.3 is 4.74 Å². The first kappa shape index (κ1) is 11.5. The fourth-order valence-corrected chi connectivity index (χ4v) is 2.85. The molecule has 0 aromatic heterocycles. The maximum atomic E-state index is 5.85. The molecule has 2 aliphatic rings. The van der Waals surface area contributed by atoms with E-state index in [4.69, 9.17) is 9.73 Å². The fraction of sp³-hybridized carbons (Fsp3) is 0.167. The van der Waals surface area contributed by atoms with Gasteiger partial charge in [-0.2, -0.15) is 0 Å². The summed E-state index contributed by atoms with van der Waals surface area (Å²) in [6, 6.07) is 16.8. The smallest absolute Gasteiger partial charge is 0.217 e. The standard InChI is InChI=1S/C18H15NO/c1-2-6-14(7-3-1)17-12-20-18(19-17)16-11-5-9-13-8-4-10-15(13)16/h1-7,9-11,17H,8,12H2/t17-/m1/s1. The van der Waals surface area contributed by atoms with E-state index in [0.717, 1.165) is 17.9 Å². The van der Waals surface area contributed by atoms with Gasteiger partial charge in [-0.25, -0.2) is 4.99 Å². The Hall–Kier alpha value is -2.35. The van der Waals surface area contributed by atoms with Gasteiger partial charge in [0.2, 0.25) is 5.90 Å². The molecular weight excluding hydrogens is 246 g/mol. The highest BCUT2D eigenvalue weighted by Crippen LogP contribution is 2.29. The van der Waals surface area contributed by atoms with Crippen molar-refractivity contribution in [3.8, 4) is 0 Å². The molecule has 1 atom stereocenters. The predicted octanol–water partition coefficient (Wildman–Crippen LogP) is 3.77. The Morgan fingerprint density at radius 1 is 1.00 bits per heavy atom. The van der Waals surface area contributed by atoms with Crippen molar-refractivity contribution in [2.45, 2.75) is 12.5 Å².